The predicted octanol–water partition coefficient (Wildman–Crippen LogP) is 1.74. The van der Waals surface area contributed by atoms with Gasteiger partial charge in [-0.25, -0.2) is 0 Å². The van der Waals surface area contributed by atoms with Crippen molar-refractivity contribution in [3.63, 3.8) is 0 Å². The van der Waals surface area contributed by atoms with Crippen molar-refractivity contribution in [2.75, 3.05) is 39.0 Å². The van der Waals surface area contributed by atoms with Gasteiger partial charge < -0.3 is 20.7 Å². The van der Waals surface area contributed by atoms with Crippen LogP contribution < -0.4 is 15.8 Å². The van der Waals surface area contributed by atoms with Gasteiger partial charge in [-0.3, -0.25) is 4.79 Å². The number of benzene rings is 1. The van der Waals surface area contributed by atoms with Gasteiger partial charge in [0.2, 0.25) is 0 Å². The molecule has 1 aromatic carbocycles. The lowest BCUT2D eigenvalue weighted by atomic mass is 9.98. The third kappa shape index (κ3) is 4.63. The monoisotopic (exact) mass is 291 g/mol. The zero-order valence-corrected chi connectivity index (χ0v) is 12.9. The molecule has 1 aromatic rings. The maximum absolute atomic E-state index is 12.2. The number of hydrogen-bond donors (Lipinski definition) is 2. The number of nitrogen functional groups attached to an aromatic ring is 1. The zero-order valence-electron chi connectivity index (χ0n) is 12.9. The Morgan fingerprint density at radius 2 is 2.29 bits per heavy atom. The molecule has 0 saturated carbocycles. The maximum Gasteiger partial charge on any atom is 0.251 e. The average molecular weight is 291 g/mol. The van der Waals surface area contributed by atoms with E-state index < -0.39 is 0 Å². The number of carbonyl (C=O) groups excluding carboxylic acids is 1. The van der Waals surface area contributed by atoms with E-state index in [-0.39, 0.29) is 5.91 Å². The fourth-order valence-corrected chi connectivity index (χ4v) is 2.78. The van der Waals surface area contributed by atoms with Crippen LogP contribution in [0.3, 0.4) is 0 Å². The first-order valence-corrected chi connectivity index (χ1v) is 7.58. The van der Waals surface area contributed by atoms with Crippen molar-refractivity contribution in [2.24, 2.45) is 5.92 Å². The Morgan fingerprint density at radius 1 is 1.48 bits per heavy atom. The third-order valence-corrected chi connectivity index (χ3v) is 3.78. The van der Waals surface area contributed by atoms with Gasteiger partial charge in [0.1, 0.15) is 5.75 Å². The summed E-state index contributed by atoms with van der Waals surface area (Å²) in [4.78, 5) is 14.6. The first-order chi connectivity index (χ1) is 10.1. The molecule has 1 fully saturated rings. The molecule has 3 N–H and O–H groups in total. The Hall–Kier alpha value is -1.75. The second kappa shape index (κ2) is 7.31. The van der Waals surface area contributed by atoms with Crippen molar-refractivity contribution in [3.05, 3.63) is 23.8 Å². The summed E-state index contributed by atoms with van der Waals surface area (Å²) >= 11 is 0. The highest BCUT2D eigenvalue weighted by molar-refractivity contribution is 5.95. The van der Waals surface area contributed by atoms with Gasteiger partial charge in [0.05, 0.1) is 6.61 Å². The summed E-state index contributed by atoms with van der Waals surface area (Å²) in [7, 11) is 2.13. The number of nitrogens with two attached hydrogens (primary N) is 1. The minimum absolute atomic E-state index is 0.0866. The first-order valence-electron chi connectivity index (χ1n) is 7.58. The number of hydrogen-bond acceptors (Lipinski definition) is 4. The Balaban J connectivity index is 1.93. The summed E-state index contributed by atoms with van der Waals surface area (Å²) in [6, 6.07) is 5.16. The van der Waals surface area contributed by atoms with E-state index >= 15 is 0 Å². The van der Waals surface area contributed by atoms with Crippen LogP contribution in [0.4, 0.5) is 5.69 Å². The molecule has 1 saturated heterocycles. The zero-order chi connectivity index (χ0) is 15.2. The van der Waals surface area contributed by atoms with Crippen molar-refractivity contribution in [3.8, 4) is 5.75 Å². The molecule has 21 heavy (non-hydrogen) atoms. The number of piperidine rings is 1. The van der Waals surface area contributed by atoms with E-state index in [1.807, 2.05) is 6.92 Å². The molecule has 116 valence electrons. The normalized spacial score (nSPS) is 19.2. The molecule has 0 aromatic heterocycles. The number of likely N-dealkylation sites (tertiary alicyclic amines) is 1. The van der Waals surface area contributed by atoms with Gasteiger partial charge >= 0.3 is 0 Å². The van der Waals surface area contributed by atoms with Crippen LogP contribution in [0.2, 0.25) is 0 Å². The van der Waals surface area contributed by atoms with Crippen molar-refractivity contribution >= 4 is 11.6 Å². The largest absolute Gasteiger partial charge is 0.494 e. The van der Waals surface area contributed by atoms with Gasteiger partial charge in [0, 0.05) is 30.4 Å². The first kappa shape index (κ1) is 15.6. The average Bonchev–Trinajstić information content (AvgIpc) is 2.44. The summed E-state index contributed by atoms with van der Waals surface area (Å²) in [6.07, 6.45) is 2.37. The number of nitrogens with zero attached hydrogens (tertiary/aromatic N) is 1. The molecule has 0 aliphatic carbocycles. The number of nitrogens with one attached hydrogen (secondary N) is 1. The van der Waals surface area contributed by atoms with Crippen LogP contribution >= 0.6 is 0 Å². The predicted molar refractivity (Wildman–Crippen MR) is 84.6 cm³/mol. The lowest BCUT2D eigenvalue weighted by Crippen LogP contribution is -2.39. The second-order valence-electron chi connectivity index (χ2n) is 5.70. The molecule has 5 nitrogen and oxygen atoms in total. The molecule has 5 heteroatoms. The highest BCUT2D eigenvalue weighted by Crippen LogP contribution is 2.19. The van der Waals surface area contributed by atoms with Crippen molar-refractivity contribution < 1.29 is 9.53 Å². The number of carbonyl (C=O) groups is 1. The minimum atomic E-state index is -0.0866. The molecule has 1 heterocycles. The summed E-state index contributed by atoms with van der Waals surface area (Å²) in [5.74, 6) is 1.08. The van der Waals surface area contributed by atoms with Crippen LogP contribution in [0.25, 0.3) is 0 Å². The van der Waals surface area contributed by atoms with E-state index in [1.165, 1.54) is 12.8 Å². The number of rotatable bonds is 5. The molecule has 1 amide bonds. The Morgan fingerprint density at radius 3 is 3.00 bits per heavy atom. The summed E-state index contributed by atoms with van der Waals surface area (Å²) in [5, 5.41) is 3.01. The Bertz CT molecular complexity index is 490. The minimum Gasteiger partial charge on any atom is -0.494 e. The third-order valence-electron chi connectivity index (χ3n) is 3.78. The van der Waals surface area contributed by atoms with Gasteiger partial charge in [-0.15, -0.1) is 0 Å². The lowest BCUT2D eigenvalue weighted by Gasteiger charge is -2.29. The van der Waals surface area contributed by atoms with Crippen LogP contribution in [0.5, 0.6) is 5.75 Å². The number of anilines is 1. The number of ether oxygens (including phenoxy) is 1. The molecule has 1 atom stereocenters. The van der Waals surface area contributed by atoms with Crippen molar-refractivity contribution in [1.82, 2.24) is 10.2 Å². The molecular formula is C16H25N3O2. The second-order valence-corrected chi connectivity index (χ2v) is 5.70. The summed E-state index contributed by atoms with van der Waals surface area (Å²) in [6.45, 7) is 5.36. The Kier molecular flexibility index (Phi) is 5.44. The maximum atomic E-state index is 12.2. The highest BCUT2D eigenvalue weighted by Gasteiger charge is 2.18. The van der Waals surface area contributed by atoms with Crippen LogP contribution in [-0.4, -0.2) is 44.1 Å². The molecule has 1 aliphatic heterocycles. The standard InChI is InChI=1S/C16H25N3O2/c1-3-21-15-8-13(7-14(17)9-15)16(20)18-10-12-5-4-6-19(2)11-12/h7-9,12H,3-6,10-11,17H2,1-2H3,(H,18,20). The summed E-state index contributed by atoms with van der Waals surface area (Å²) < 4.78 is 5.42. The van der Waals surface area contributed by atoms with Crippen molar-refractivity contribution in [2.45, 2.75) is 19.8 Å². The molecule has 1 aliphatic rings. The van der Waals surface area contributed by atoms with Gasteiger partial charge in [-0.05, 0) is 51.4 Å². The fraction of sp³-hybridized carbons (Fsp3) is 0.562. The molecular weight excluding hydrogens is 266 g/mol. The summed E-state index contributed by atoms with van der Waals surface area (Å²) in [5.41, 5.74) is 6.92. The van der Waals surface area contributed by atoms with Crippen molar-refractivity contribution in [1.29, 1.82) is 0 Å². The van der Waals surface area contributed by atoms with E-state index in [0.717, 1.165) is 13.1 Å². The van der Waals surface area contributed by atoms with E-state index in [9.17, 15) is 4.79 Å². The van der Waals surface area contributed by atoms with Crippen LogP contribution in [0.15, 0.2) is 18.2 Å². The quantitative estimate of drug-likeness (QED) is 0.811. The smallest absolute Gasteiger partial charge is 0.251 e. The van der Waals surface area contributed by atoms with E-state index in [4.69, 9.17) is 10.5 Å². The van der Waals surface area contributed by atoms with E-state index in [1.54, 1.807) is 18.2 Å². The van der Waals surface area contributed by atoms with E-state index in [2.05, 4.69) is 17.3 Å². The van der Waals surface area contributed by atoms with Gasteiger partial charge in [-0.2, -0.15) is 0 Å². The number of amides is 1. The van der Waals surface area contributed by atoms with Crippen LogP contribution in [-0.2, 0) is 0 Å². The molecule has 0 spiro atoms. The van der Waals surface area contributed by atoms with Gasteiger partial charge in [0.25, 0.3) is 5.91 Å². The SMILES string of the molecule is CCOc1cc(N)cc(C(=O)NCC2CCCN(C)C2)c1. The van der Waals surface area contributed by atoms with Gasteiger partial charge in [0.15, 0.2) is 0 Å². The lowest BCUT2D eigenvalue weighted by molar-refractivity contribution is 0.0936. The van der Waals surface area contributed by atoms with E-state index in [0.29, 0.717) is 36.1 Å². The van der Waals surface area contributed by atoms with Gasteiger partial charge in [-0.1, -0.05) is 0 Å². The molecule has 1 unspecified atom stereocenters. The molecule has 2 rings (SSSR count). The molecule has 0 bridgehead atoms. The van der Waals surface area contributed by atoms with Crippen LogP contribution in [0.1, 0.15) is 30.1 Å². The van der Waals surface area contributed by atoms with Crippen LogP contribution in [0, 0.1) is 5.92 Å². The molecule has 0 radical (unpaired) electrons. The fourth-order valence-electron chi connectivity index (χ4n) is 2.78. The highest BCUT2D eigenvalue weighted by atomic mass is 16.5. The Labute approximate surface area is 126 Å². The topological polar surface area (TPSA) is 67.6 Å².